The van der Waals surface area contributed by atoms with E-state index >= 15 is 0 Å². The summed E-state index contributed by atoms with van der Waals surface area (Å²) in [5.41, 5.74) is 7.68. The fourth-order valence-corrected chi connectivity index (χ4v) is 4.53. The van der Waals surface area contributed by atoms with Gasteiger partial charge in [-0.15, -0.1) is 0 Å². The summed E-state index contributed by atoms with van der Waals surface area (Å²) in [5.74, 6) is -0.298. The Labute approximate surface area is 212 Å². The Morgan fingerprint density at radius 2 is 1.70 bits per heavy atom. The van der Waals surface area contributed by atoms with Gasteiger partial charge in [0.05, 0.1) is 22.9 Å². The second-order valence-corrected chi connectivity index (χ2v) is 9.25. The van der Waals surface area contributed by atoms with Crippen LogP contribution in [0, 0.1) is 5.82 Å². The molecule has 3 N–H and O–H groups in total. The van der Waals surface area contributed by atoms with Crippen LogP contribution in [0.1, 0.15) is 0 Å². The van der Waals surface area contributed by atoms with E-state index in [0.717, 1.165) is 74.2 Å². The number of aromatic nitrogens is 6. The number of hydrogen-bond acceptors (Lipinski definition) is 6. The first-order valence-electron chi connectivity index (χ1n) is 12.0. The van der Waals surface area contributed by atoms with Crippen molar-refractivity contribution in [3.63, 3.8) is 0 Å². The van der Waals surface area contributed by atoms with Crippen LogP contribution in [0.3, 0.4) is 0 Å². The highest BCUT2D eigenvalue weighted by Gasteiger charge is 2.15. The quantitative estimate of drug-likeness (QED) is 0.278. The minimum absolute atomic E-state index is 0.298. The molecule has 6 aromatic rings. The number of aromatic amines is 2. The van der Waals surface area contributed by atoms with Gasteiger partial charge in [0.2, 0.25) is 0 Å². The smallest absolute Gasteiger partial charge is 0.125 e. The zero-order valence-corrected chi connectivity index (χ0v) is 20.5. The molecule has 2 aromatic carbocycles. The third kappa shape index (κ3) is 4.52. The number of nitrogens with zero attached hydrogens (tertiary/aromatic N) is 5. The Morgan fingerprint density at radius 1 is 0.838 bits per heavy atom. The lowest BCUT2D eigenvalue weighted by atomic mass is 10.0. The van der Waals surface area contributed by atoms with E-state index in [-0.39, 0.29) is 5.82 Å². The molecule has 0 bridgehead atoms. The maximum atomic E-state index is 14.6. The summed E-state index contributed by atoms with van der Waals surface area (Å²) in [6, 6.07) is 13.2. The summed E-state index contributed by atoms with van der Waals surface area (Å²) in [7, 11) is 4.02. The van der Waals surface area contributed by atoms with Crippen molar-refractivity contribution in [2.24, 2.45) is 0 Å². The number of benzene rings is 2. The van der Waals surface area contributed by atoms with Gasteiger partial charge in [0.15, 0.2) is 0 Å². The maximum Gasteiger partial charge on any atom is 0.125 e. The number of hydrogen-bond donors (Lipinski definition) is 3. The number of nitrogens with one attached hydrogen (secondary N) is 3. The Bertz CT molecular complexity index is 1700. The van der Waals surface area contributed by atoms with Crippen molar-refractivity contribution in [3.05, 3.63) is 79.4 Å². The normalized spacial score (nSPS) is 11.6. The number of fused-ring (bicyclic) bond motifs is 2. The fraction of sp³-hybridized carbons (Fsp3) is 0.143. The van der Waals surface area contributed by atoms with Crippen LogP contribution in [-0.4, -0.2) is 62.2 Å². The zero-order chi connectivity index (χ0) is 25.4. The molecule has 0 aliphatic carbocycles. The summed E-state index contributed by atoms with van der Waals surface area (Å²) >= 11 is 0. The lowest BCUT2D eigenvalue weighted by molar-refractivity contribution is 0.425. The highest BCUT2D eigenvalue weighted by atomic mass is 19.1. The van der Waals surface area contributed by atoms with Crippen LogP contribution in [0.25, 0.3) is 55.4 Å². The molecule has 4 aromatic heterocycles. The molecule has 37 heavy (non-hydrogen) atoms. The van der Waals surface area contributed by atoms with Crippen molar-refractivity contribution in [1.82, 2.24) is 35.0 Å². The van der Waals surface area contributed by atoms with Crippen molar-refractivity contribution >= 4 is 27.5 Å². The summed E-state index contributed by atoms with van der Waals surface area (Å²) < 4.78 is 14.6. The minimum Gasteiger partial charge on any atom is -0.384 e. The zero-order valence-electron chi connectivity index (χ0n) is 20.5. The first-order chi connectivity index (χ1) is 18.0. The van der Waals surface area contributed by atoms with Crippen molar-refractivity contribution < 1.29 is 4.39 Å². The third-order valence-corrected chi connectivity index (χ3v) is 6.35. The topological polar surface area (TPSA) is 98.4 Å². The Kier molecular flexibility index (Phi) is 5.82. The van der Waals surface area contributed by atoms with E-state index in [1.165, 1.54) is 12.4 Å². The molecular formula is C28H25FN8. The molecule has 0 aliphatic rings. The Hall–Kier alpha value is -4.63. The second kappa shape index (κ2) is 9.44. The van der Waals surface area contributed by atoms with E-state index in [1.807, 2.05) is 38.4 Å². The summed E-state index contributed by atoms with van der Waals surface area (Å²) in [5, 5.41) is 12.9. The Balaban J connectivity index is 1.41. The lowest BCUT2D eigenvalue weighted by Crippen LogP contribution is -2.20. The third-order valence-electron chi connectivity index (χ3n) is 6.35. The van der Waals surface area contributed by atoms with Gasteiger partial charge < -0.3 is 15.2 Å². The minimum atomic E-state index is -0.298. The van der Waals surface area contributed by atoms with Crippen molar-refractivity contribution in [2.45, 2.75) is 0 Å². The molecule has 184 valence electrons. The molecule has 0 aliphatic heterocycles. The fourth-order valence-electron chi connectivity index (χ4n) is 4.53. The number of rotatable bonds is 7. The molecule has 0 radical (unpaired) electrons. The molecule has 0 spiro atoms. The summed E-state index contributed by atoms with van der Waals surface area (Å²) in [6.07, 6.45) is 8.64. The van der Waals surface area contributed by atoms with Crippen molar-refractivity contribution in [2.75, 3.05) is 32.5 Å². The van der Waals surface area contributed by atoms with Gasteiger partial charge >= 0.3 is 0 Å². The van der Waals surface area contributed by atoms with E-state index in [9.17, 15) is 4.39 Å². The van der Waals surface area contributed by atoms with E-state index in [0.29, 0.717) is 0 Å². The molecule has 6 rings (SSSR count). The number of H-pyrrole nitrogens is 2. The average molecular weight is 493 g/mol. The van der Waals surface area contributed by atoms with Crippen LogP contribution in [-0.2, 0) is 0 Å². The molecular weight excluding hydrogens is 467 g/mol. The van der Waals surface area contributed by atoms with Crippen LogP contribution in [0.15, 0.2) is 73.6 Å². The molecule has 0 saturated heterocycles. The molecule has 0 saturated carbocycles. The predicted octanol–water partition coefficient (Wildman–Crippen LogP) is 5.34. The molecule has 8 nitrogen and oxygen atoms in total. The second-order valence-electron chi connectivity index (χ2n) is 9.25. The largest absolute Gasteiger partial charge is 0.384 e. The van der Waals surface area contributed by atoms with Gasteiger partial charge in [0.1, 0.15) is 17.8 Å². The van der Waals surface area contributed by atoms with Crippen LogP contribution < -0.4 is 5.32 Å². The lowest BCUT2D eigenvalue weighted by Gasteiger charge is -2.13. The van der Waals surface area contributed by atoms with E-state index in [1.54, 1.807) is 30.9 Å². The van der Waals surface area contributed by atoms with Gasteiger partial charge in [0.25, 0.3) is 0 Å². The number of anilines is 1. The summed E-state index contributed by atoms with van der Waals surface area (Å²) in [4.78, 5) is 18.2. The number of pyridine rings is 1. The molecule has 9 heteroatoms. The van der Waals surface area contributed by atoms with Crippen molar-refractivity contribution in [3.8, 4) is 33.6 Å². The highest BCUT2D eigenvalue weighted by Crippen LogP contribution is 2.35. The van der Waals surface area contributed by atoms with Crippen LogP contribution in [0.5, 0.6) is 0 Å². The van der Waals surface area contributed by atoms with Gasteiger partial charge in [-0.1, -0.05) is 6.07 Å². The van der Waals surface area contributed by atoms with Gasteiger partial charge in [0, 0.05) is 59.3 Å². The SMILES string of the molecule is CN(C)CCNc1cc(F)cc(-c2cncc3[nH]c(-c4n[nH]c5ccc(-c6cncnc6)cc45)cc23)c1. The van der Waals surface area contributed by atoms with E-state index < -0.39 is 0 Å². The van der Waals surface area contributed by atoms with Gasteiger partial charge in [-0.3, -0.25) is 10.1 Å². The highest BCUT2D eigenvalue weighted by molar-refractivity contribution is 6.01. The van der Waals surface area contributed by atoms with E-state index in [4.69, 9.17) is 0 Å². The van der Waals surface area contributed by atoms with Gasteiger partial charge in [-0.25, -0.2) is 14.4 Å². The molecule has 0 atom stereocenters. The van der Waals surface area contributed by atoms with Gasteiger partial charge in [-0.05, 0) is 61.6 Å². The standard InChI is InChI=1S/C28H25FN8/c1-37(2)6-5-33-21-8-18(7-20(29)10-21)24-14-30-15-27-22(24)11-26(34-27)28-23-9-17(3-4-25(23)35-36-28)19-12-31-16-32-13-19/h3-4,7-16,33-34H,5-6H2,1-2H3,(H,35,36). The van der Waals surface area contributed by atoms with Crippen LogP contribution in [0.2, 0.25) is 0 Å². The van der Waals surface area contributed by atoms with Crippen molar-refractivity contribution in [1.29, 1.82) is 0 Å². The monoisotopic (exact) mass is 492 g/mol. The molecule has 0 fully saturated rings. The predicted molar refractivity (Wildman–Crippen MR) is 145 cm³/mol. The van der Waals surface area contributed by atoms with Gasteiger partial charge in [-0.2, -0.15) is 5.10 Å². The first-order valence-corrected chi connectivity index (χ1v) is 12.0. The summed E-state index contributed by atoms with van der Waals surface area (Å²) in [6.45, 7) is 1.57. The average Bonchev–Trinajstić information content (AvgIpc) is 3.52. The molecule has 4 heterocycles. The molecule has 0 amide bonds. The molecule has 0 unspecified atom stereocenters. The first kappa shape index (κ1) is 22.8. The Morgan fingerprint density at radius 3 is 2.54 bits per heavy atom. The van der Waals surface area contributed by atoms with Crippen LogP contribution in [0.4, 0.5) is 10.1 Å². The maximum absolute atomic E-state index is 14.6. The van der Waals surface area contributed by atoms with Crippen LogP contribution >= 0.6 is 0 Å². The van der Waals surface area contributed by atoms with E-state index in [2.05, 4.69) is 46.4 Å². The number of likely N-dealkylation sites (N-methyl/N-ethyl adjacent to an activating group) is 1. The number of halogens is 1.